The van der Waals surface area contributed by atoms with Gasteiger partial charge >= 0.3 is 5.97 Å². The first kappa shape index (κ1) is 24.4. The number of fused-ring (bicyclic) bond motifs is 1. The average Bonchev–Trinajstić information content (AvgIpc) is 3.14. The number of amides is 1. The Hall–Kier alpha value is -3.20. The van der Waals surface area contributed by atoms with Crippen molar-refractivity contribution < 1.29 is 19.1 Å². The molecule has 9 heteroatoms. The summed E-state index contributed by atoms with van der Waals surface area (Å²) in [6.45, 7) is 9.59. The lowest BCUT2D eigenvalue weighted by molar-refractivity contribution is -0.119. The molecule has 2 aromatic heterocycles. The maximum atomic E-state index is 13.3. The summed E-state index contributed by atoms with van der Waals surface area (Å²) in [5.41, 5.74) is 1.57. The zero-order valence-corrected chi connectivity index (χ0v) is 20.5. The number of methoxy groups -OCH3 is 1. The molecule has 0 bridgehead atoms. The van der Waals surface area contributed by atoms with Gasteiger partial charge in [-0.05, 0) is 37.8 Å². The van der Waals surface area contributed by atoms with Crippen LogP contribution < -0.4 is 15.6 Å². The van der Waals surface area contributed by atoms with E-state index in [1.165, 1.54) is 17.7 Å². The van der Waals surface area contributed by atoms with E-state index < -0.39 is 17.9 Å². The average molecular weight is 472 g/mol. The number of nitrogens with one attached hydrogen (secondary N) is 1. The number of carbonyl (C=O) groups is 2. The highest BCUT2D eigenvalue weighted by molar-refractivity contribution is 7.17. The molecular weight excluding hydrogens is 442 g/mol. The lowest BCUT2D eigenvalue weighted by atomic mass is 10.1. The van der Waals surface area contributed by atoms with Gasteiger partial charge in [-0.25, -0.2) is 9.78 Å². The van der Waals surface area contributed by atoms with Crippen molar-refractivity contribution in [1.82, 2.24) is 9.55 Å². The first-order chi connectivity index (χ1) is 15.7. The third-order valence-corrected chi connectivity index (χ3v) is 6.28. The largest absolute Gasteiger partial charge is 0.495 e. The Morgan fingerprint density at radius 2 is 1.97 bits per heavy atom. The summed E-state index contributed by atoms with van der Waals surface area (Å²) in [6, 6.07) is 6.24. The van der Waals surface area contributed by atoms with Crippen molar-refractivity contribution in [1.29, 1.82) is 0 Å². The molecule has 3 rings (SSSR count). The van der Waals surface area contributed by atoms with Gasteiger partial charge in [0.05, 0.1) is 24.9 Å². The van der Waals surface area contributed by atoms with Crippen LogP contribution in [0.1, 0.15) is 54.2 Å². The van der Waals surface area contributed by atoms with Crippen LogP contribution in [-0.4, -0.2) is 35.1 Å². The van der Waals surface area contributed by atoms with E-state index >= 15 is 0 Å². The molecule has 1 unspecified atom stereocenters. The van der Waals surface area contributed by atoms with Gasteiger partial charge < -0.3 is 14.8 Å². The maximum Gasteiger partial charge on any atom is 0.350 e. The number of para-hydroxylation sites is 1. The Balaban J connectivity index is 1.96. The van der Waals surface area contributed by atoms with Crippen LogP contribution in [-0.2, 0) is 9.53 Å². The summed E-state index contributed by atoms with van der Waals surface area (Å²) >= 11 is 1.06. The Labute approximate surface area is 196 Å². The molecule has 0 spiro atoms. The topological polar surface area (TPSA) is 99.5 Å². The van der Waals surface area contributed by atoms with Gasteiger partial charge in [0, 0.05) is 11.5 Å². The first-order valence-corrected chi connectivity index (χ1v) is 11.6. The van der Waals surface area contributed by atoms with Gasteiger partial charge in [0.1, 0.15) is 16.7 Å². The minimum Gasteiger partial charge on any atom is -0.495 e. The second-order valence-corrected chi connectivity index (χ2v) is 9.23. The fourth-order valence-corrected chi connectivity index (χ4v) is 4.49. The molecule has 1 aromatic carbocycles. The Morgan fingerprint density at radius 3 is 2.61 bits per heavy atom. The van der Waals surface area contributed by atoms with E-state index in [2.05, 4.69) is 10.3 Å². The number of nitrogens with zero attached hydrogens (tertiary/aromatic N) is 2. The van der Waals surface area contributed by atoms with Crippen LogP contribution in [0.15, 0.2) is 29.1 Å². The normalized spacial score (nSPS) is 12.1. The first-order valence-electron chi connectivity index (χ1n) is 10.8. The lowest BCUT2D eigenvalue weighted by Gasteiger charge is -2.21. The van der Waals surface area contributed by atoms with Crippen LogP contribution in [0.25, 0.3) is 10.9 Å². The van der Waals surface area contributed by atoms with E-state index in [0.29, 0.717) is 34.9 Å². The SMILES string of the molecule is CCC(C(=O)Nc1nc(C)c(C(=O)OCC(C)C)s1)n1c(=O)cc(C)c2cccc(OC)c21. The van der Waals surface area contributed by atoms with Gasteiger partial charge in [-0.15, -0.1) is 0 Å². The summed E-state index contributed by atoms with van der Waals surface area (Å²) in [5.74, 6) is -0.130. The maximum absolute atomic E-state index is 13.3. The molecule has 3 aromatic rings. The number of aromatic nitrogens is 2. The van der Waals surface area contributed by atoms with Crippen molar-refractivity contribution in [3.63, 3.8) is 0 Å². The molecule has 8 nitrogen and oxygen atoms in total. The molecule has 176 valence electrons. The predicted molar refractivity (Wildman–Crippen MR) is 129 cm³/mol. The van der Waals surface area contributed by atoms with Gasteiger partial charge in [0.25, 0.3) is 5.56 Å². The molecular formula is C24H29N3O5S. The van der Waals surface area contributed by atoms with Crippen molar-refractivity contribution in [2.75, 3.05) is 19.0 Å². The lowest BCUT2D eigenvalue weighted by Crippen LogP contribution is -2.33. The summed E-state index contributed by atoms with van der Waals surface area (Å²) in [6.07, 6.45) is 0.371. The van der Waals surface area contributed by atoms with Crippen molar-refractivity contribution in [2.24, 2.45) is 5.92 Å². The summed E-state index contributed by atoms with van der Waals surface area (Å²) < 4.78 is 12.3. The second kappa shape index (κ2) is 10.2. The van der Waals surface area contributed by atoms with Gasteiger partial charge in [0.15, 0.2) is 5.13 Å². The highest BCUT2D eigenvalue weighted by Gasteiger charge is 2.26. The molecule has 0 aliphatic carbocycles. The fraction of sp³-hybridized carbons (Fsp3) is 0.417. The number of thiazole rings is 1. The molecule has 0 radical (unpaired) electrons. The number of benzene rings is 1. The molecule has 0 saturated carbocycles. The van der Waals surface area contributed by atoms with Crippen LogP contribution in [0.3, 0.4) is 0 Å². The third kappa shape index (κ3) is 5.08. The van der Waals surface area contributed by atoms with E-state index in [1.807, 2.05) is 39.8 Å². The number of hydrogen-bond acceptors (Lipinski definition) is 7. The number of aryl methyl sites for hydroxylation is 2. The minimum atomic E-state index is -0.794. The van der Waals surface area contributed by atoms with Crippen molar-refractivity contribution in [3.05, 3.63) is 50.8 Å². The predicted octanol–water partition coefficient (Wildman–Crippen LogP) is 4.49. The van der Waals surface area contributed by atoms with Gasteiger partial charge in [-0.2, -0.15) is 0 Å². The number of pyridine rings is 1. The third-order valence-electron chi connectivity index (χ3n) is 5.22. The quantitative estimate of drug-likeness (QED) is 0.486. The van der Waals surface area contributed by atoms with Crippen molar-refractivity contribution in [2.45, 2.75) is 47.1 Å². The molecule has 1 atom stereocenters. The highest BCUT2D eigenvalue weighted by atomic mass is 32.1. The van der Waals surface area contributed by atoms with Crippen LogP contribution in [0, 0.1) is 19.8 Å². The number of carbonyl (C=O) groups excluding carboxylic acids is 2. The number of rotatable bonds is 8. The molecule has 0 fully saturated rings. The summed E-state index contributed by atoms with van der Waals surface area (Å²) in [5, 5.41) is 3.89. The van der Waals surface area contributed by atoms with Crippen LogP contribution >= 0.6 is 11.3 Å². The van der Waals surface area contributed by atoms with E-state index in [-0.39, 0.29) is 16.6 Å². The van der Waals surface area contributed by atoms with Gasteiger partial charge in [0.2, 0.25) is 5.91 Å². The summed E-state index contributed by atoms with van der Waals surface area (Å²) in [4.78, 5) is 43.3. The Bertz CT molecular complexity index is 1240. The summed E-state index contributed by atoms with van der Waals surface area (Å²) in [7, 11) is 1.53. The van der Waals surface area contributed by atoms with E-state index in [9.17, 15) is 14.4 Å². The molecule has 1 N–H and O–H groups in total. The van der Waals surface area contributed by atoms with E-state index in [4.69, 9.17) is 9.47 Å². The van der Waals surface area contributed by atoms with Crippen LogP contribution in [0.4, 0.5) is 5.13 Å². The smallest absolute Gasteiger partial charge is 0.350 e. The van der Waals surface area contributed by atoms with Crippen LogP contribution in [0.2, 0.25) is 0 Å². The van der Waals surface area contributed by atoms with E-state index in [0.717, 1.165) is 22.3 Å². The second-order valence-electron chi connectivity index (χ2n) is 8.23. The van der Waals surface area contributed by atoms with Crippen LogP contribution in [0.5, 0.6) is 5.75 Å². The monoisotopic (exact) mass is 471 g/mol. The number of hydrogen-bond donors (Lipinski definition) is 1. The molecule has 0 aliphatic rings. The van der Waals surface area contributed by atoms with Gasteiger partial charge in [-0.1, -0.05) is 44.2 Å². The molecule has 0 aliphatic heterocycles. The zero-order valence-electron chi connectivity index (χ0n) is 19.7. The number of anilines is 1. The molecule has 33 heavy (non-hydrogen) atoms. The standard InChI is InChI=1S/C24H29N3O5S/c1-7-17(27-19(28)11-14(4)16-9-8-10-18(31-6)20(16)27)22(29)26-24-25-15(5)21(33-24)23(30)32-12-13(2)3/h8-11,13,17H,7,12H2,1-6H3,(H,25,26,29). The Kier molecular flexibility index (Phi) is 7.53. The zero-order chi connectivity index (χ0) is 24.3. The van der Waals surface area contributed by atoms with Crippen molar-refractivity contribution >= 4 is 39.2 Å². The highest BCUT2D eigenvalue weighted by Crippen LogP contribution is 2.30. The molecule has 1 amide bonds. The molecule has 0 saturated heterocycles. The number of ether oxygens (including phenoxy) is 2. The number of esters is 1. The van der Waals surface area contributed by atoms with Crippen molar-refractivity contribution in [3.8, 4) is 5.75 Å². The Morgan fingerprint density at radius 1 is 1.24 bits per heavy atom. The minimum absolute atomic E-state index is 0.214. The van der Waals surface area contributed by atoms with Gasteiger partial charge in [-0.3, -0.25) is 14.2 Å². The fourth-order valence-electron chi connectivity index (χ4n) is 3.63. The van der Waals surface area contributed by atoms with E-state index in [1.54, 1.807) is 13.0 Å². The molecule has 2 heterocycles.